The lowest BCUT2D eigenvalue weighted by molar-refractivity contribution is -0.121. The van der Waals surface area contributed by atoms with Crippen molar-refractivity contribution in [2.45, 2.75) is 65.0 Å². The van der Waals surface area contributed by atoms with Crippen LogP contribution in [-0.4, -0.2) is 24.5 Å². The molecule has 1 fully saturated rings. The van der Waals surface area contributed by atoms with Gasteiger partial charge < -0.3 is 10.2 Å². The van der Waals surface area contributed by atoms with E-state index in [1.807, 2.05) is 18.7 Å². The van der Waals surface area contributed by atoms with Gasteiger partial charge in [-0.25, -0.2) is 0 Å². The third-order valence-electron chi connectivity index (χ3n) is 4.99. The Labute approximate surface area is 134 Å². The maximum Gasteiger partial charge on any atom is 0.229 e. The Morgan fingerprint density at radius 2 is 2.18 bits per heavy atom. The summed E-state index contributed by atoms with van der Waals surface area (Å²) in [5, 5.41) is 3.62. The van der Waals surface area contributed by atoms with Gasteiger partial charge in [0.1, 0.15) is 0 Å². The molecule has 1 aromatic rings. The summed E-state index contributed by atoms with van der Waals surface area (Å²) in [6, 6.07) is 7.62. The molecular weight excluding hydrogens is 272 g/mol. The average molecular weight is 300 g/mol. The number of carbonyl (C=O) groups is 1. The first-order valence-corrected chi connectivity index (χ1v) is 8.74. The topological polar surface area (TPSA) is 32.3 Å². The first-order valence-electron chi connectivity index (χ1n) is 8.74. The number of benzene rings is 1. The van der Waals surface area contributed by atoms with E-state index in [0.717, 1.165) is 25.1 Å². The number of piperidine rings is 1. The van der Waals surface area contributed by atoms with E-state index >= 15 is 0 Å². The summed E-state index contributed by atoms with van der Waals surface area (Å²) in [5.41, 5.74) is 3.88. The number of amides is 1. The summed E-state index contributed by atoms with van der Waals surface area (Å²) in [4.78, 5) is 14.4. The molecular formula is C19H28N2O. The third kappa shape index (κ3) is 3.05. The quantitative estimate of drug-likeness (QED) is 0.929. The van der Waals surface area contributed by atoms with Crippen LogP contribution in [-0.2, 0) is 17.6 Å². The molecule has 1 saturated heterocycles. The average Bonchev–Trinajstić information content (AvgIpc) is 2.82. The molecule has 0 aromatic heterocycles. The Morgan fingerprint density at radius 3 is 2.86 bits per heavy atom. The number of anilines is 1. The minimum atomic E-state index is 0.0551. The van der Waals surface area contributed by atoms with E-state index in [9.17, 15) is 4.79 Å². The summed E-state index contributed by atoms with van der Waals surface area (Å²) in [7, 11) is 0. The van der Waals surface area contributed by atoms with Crippen molar-refractivity contribution in [2.24, 2.45) is 5.92 Å². The number of nitrogens with one attached hydrogen (secondary N) is 1. The second-order valence-corrected chi connectivity index (χ2v) is 7.23. The summed E-state index contributed by atoms with van der Waals surface area (Å²) in [6.07, 6.45) is 6.03. The minimum Gasteiger partial charge on any atom is -0.314 e. The van der Waals surface area contributed by atoms with E-state index in [2.05, 4.69) is 30.4 Å². The molecule has 22 heavy (non-hydrogen) atoms. The predicted octanol–water partition coefficient (Wildman–Crippen LogP) is 3.30. The molecule has 0 bridgehead atoms. The van der Waals surface area contributed by atoms with Gasteiger partial charge in [0.25, 0.3) is 0 Å². The maximum atomic E-state index is 12.4. The van der Waals surface area contributed by atoms with E-state index in [0.29, 0.717) is 6.04 Å². The summed E-state index contributed by atoms with van der Waals surface area (Å²) in [6.45, 7) is 7.28. The number of hydrogen-bond acceptors (Lipinski definition) is 2. The number of hydrogen-bond donors (Lipinski definition) is 1. The minimum absolute atomic E-state index is 0.0551. The van der Waals surface area contributed by atoms with Crippen LogP contribution in [0.15, 0.2) is 18.2 Å². The van der Waals surface area contributed by atoms with Crippen LogP contribution in [0.2, 0.25) is 0 Å². The highest BCUT2D eigenvalue weighted by Crippen LogP contribution is 2.34. The Morgan fingerprint density at radius 1 is 1.36 bits per heavy atom. The number of rotatable bonds is 3. The van der Waals surface area contributed by atoms with Gasteiger partial charge in [-0.1, -0.05) is 32.4 Å². The molecule has 0 radical (unpaired) electrons. The van der Waals surface area contributed by atoms with Crippen molar-refractivity contribution in [1.29, 1.82) is 0 Å². The molecule has 1 N–H and O–H groups in total. The van der Waals surface area contributed by atoms with Gasteiger partial charge in [-0.2, -0.15) is 0 Å². The van der Waals surface area contributed by atoms with Gasteiger partial charge >= 0.3 is 0 Å². The zero-order chi connectivity index (χ0) is 15.7. The van der Waals surface area contributed by atoms with Gasteiger partial charge in [-0.15, -0.1) is 0 Å². The SMILES string of the molecule is CC(C)C(=O)N1c2ccc(CC3CCCCN3)cc2CC1C. The van der Waals surface area contributed by atoms with Crippen molar-refractivity contribution in [3.8, 4) is 0 Å². The molecule has 3 rings (SSSR count). The van der Waals surface area contributed by atoms with Crippen LogP contribution in [0.1, 0.15) is 51.2 Å². The molecule has 2 aliphatic heterocycles. The molecule has 0 aliphatic carbocycles. The molecule has 1 amide bonds. The number of carbonyl (C=O) groups excluding carboxylic acids is 1. The van der Waals surface area contributed by atoms with E-state index < -0.39 is 0 Å². The van der Waals surface area contributed by atoms with Gasteiger partial charge in [0.2, 0.25) is 5.91 Å². The first kappa shape index (κ1) is 15.5. The Hall–Kier alpha value is -1.35. The lowest BCUT2D eigenvalue weighted by atomic mass is 9.96. The van der Waals surface area contributed by atoms with E-state index in [4.69, 9.17) is 0 Å². The molecule has 2 heterocycles. The molecule has 3 nitrogen and oxygen atoms in total. The molecule has 120 valence electrons. The summed E-state index contributed by atoms with van der Waals surface area (Å²) in [5.74, 6) is 0.299. The van der Waals surface area contributed by atoms with Crippen molar-refractivity contribution in [3.63, 3.8) is 0 Å². The lowest BCUT2D eigenvalue weighted by Crippen LogP contribution is -2.38. The predicted molar refractivity (Wildman–Crippen MR) is 91.3 cm³/mol. The molecule has 0 spiro atoms. The van der Waals surface area contributed by atoms with Crippen LogP contribution in [0.5, 0.6) is 0 Å². The highest BCUT2D eigenvalue weighted by molar-refractivity contribution is 5.97. The van der Waals surface area contributed by atoms with Crippen LogP contribution in [0.3, 0.4) is 0 Å². The summed E-state index contributed by atoms with van der Waals surface area (Å²) >= 11 is 0. The van der Waals surface area contributed by atoms with Gasteiger partial charge in [0.05, 0.1) is 0 Å². The molecule has 0 saturated carbocycles. The van der Waals surface area contributed by atoms with Crippen molar-refractivity contribution < 1.29 is 4.79 Å². The van der Waals surface area contributed by atoms with E-state index in [1.54, 1.807) is 0 Å². The Kier molecular flexibility index (Phi) is 4.53. The summed E-state index contributed by atoms with van der Waals surface area (Å²) < 4.78 is 0. The zero-order valence-corrected chi connectivity index (χ0v) is 14.1. The maximum absolute atomic E-state index is 12.4. The van der Waals surface area contributed by atoms with E-state index in [1.165, 1.54) is 30.4 Å². The second kappa shape index (κ2) is 6.41. The number of fused-ring (bicyclic) bond motifs is 1. The van der Waals surface area contributed by atoms with Crippen molar-refractivity contribution in [3.05, 3.63) is 29.3 Å². The fourth-order valence-corrected chi connectivity index (χ4v) is 3.81. The molecule has 2 atom stereocenters. The zero-order valence-electron chi connectivity index (χ0n) is 14.1. The highest BCUT2D eigenvalue weighted by atomic mass is 16.2. The van der Waals surface area contributed by atoms with Gasteiger partial charge in [0, 0.05) is 23.7 Å². The molecule has 1 aromatic carbocycles. The smallest absolute Gasteiger partial charge is 0.229 e. The molecule has 2 aliphatic rings. The lowest BCUT2D eigenvalue weighted by Gasteiger charge is -2.25. The monoisotopic (exact) mass is 300 g/mol. The van der Waals surface area contributed by atoms with Crippen molar-refractivity contribution in [2.75, 3.05) is 11.4 Å². The highest BCUT2D eigenvalue weighted by Gasteiger charge is 2.32. The first-order chi connectivity index (χ1) is 10.6. The van der Waals surface area contributed by atoms with Gasteiger partial charge in [-0.3, -0.25) is 4.79 Å². The van der Waals surface area contributed by atoms with Crippen LogP contribution < -0.4 is 10.2 Å². The van der Waals surface area contributed by atoms with Crippen LogP contribution >= 0.6 is 0 Å². The Balaban J connectivity index is 1.77. The van der Waals surface area contributed by atoms with Crippen LogP contribution in [0.4, 0.5) is 5.69 Å². The third-order valence-corrected chi connectivity index (χ3v) is 4.99. The van der Waals surface area contributed by atoms with Crippen molar-refractivity contribution in [1.82, 2.24) is 5.32 Å². The van der Waals surface area contributed by atoms with Crippen molar-refractivity contribution >= 4 is 11.6 Å². The normalized spacial score (nSPS) is 24.6. The molecule has 3 heteroatoms. The number of nitrogens with zero attached hydrogens (tertiary/aromatic N) is 1. The largest absolute Gasteiger partial charge is 0.314 e. The van der Waals surface area contributed by atoms with Gasteiger partial charge in [0.15, 0.2) is 0 Å². The van der Waals surface area contributed by atoms with Gasteiger partial charge in [-0.05, 0) is 56.3 Å². The fraction of sp³-hybridized carbons (Fsp3) is 0.632. The molecule has 2 unspecified atom stereocenters. The Bertz CT molecular complexity index is 546. The van der Waals surface area contributed by atoms with Crippen LogP contribution in [0, 0.1) is 5.92 Å². The fourth-order valence-electron chi connectivity index (χ4n) is 3.81. The van der Waals surface area contributed by atoms with Crippen LogP contribution in [0.25, 0.3) is 0 Å². The second-order valence-electron chi connectivity index (χ2n) is 7.23. The standard InChI is InChI=1S/C19H28N2O/c1-13(2)19(22)21-14(3)10-16-11-15(7-8-18(16)21)12-17-6-4-5-9-20-17/h7-8,11,13-14,17,20H,4-6,9-10,12H2,1-3H3. The van der Waals surface area contributed by atoms with E-state index in [-0.39, 0.29) is 17.9 Å².